The molecule has 0 spiro atoms. The lowest BCUT2D eigenvalue weighted by molar-refractivity contribution is -0.118. The zero-order valence-corrected chi connectivity index (χ0v) is 22.9. The number of piperazine rings is 1. The number of carbonyl (C=O) groups is 1. The van der Waals surface area contributed by atoms with Crippen LogP contribution in [0.15, 0.2) is 52.3 Å². The van der Waals surface area contributed by atoms with Crippen molar-refractivity contribution in [3.05, 3.63) is 47.5 Å². The average molecular weight is 571 g/mol. The number of nitrogens with zero attached hydrogens (tertiary/aromatic N) is 2. The number of sulfonamides is 2. The Morgan fingerprint density at radius 1 is 0.973 bits per heavy atom. The van der Waals surface area contributed by atoms with Gasteiger partial charge in [-0.1, -0.05) is 24.4 Å². The van der Waals surface area contributed by atoms with Crippen LogP contribution in [0.5, 0.6) is 5.75 Å². The Balaban J connectivity index is 1.31. The largest absolute Gasteiger partial charge is 0.482 e. The number of nitrogens with one attached hydrogen (secondary N) is 2. The van der Waals surface area contributed by atoms with Gasteiger partial charge in [-0.2, -0.15) is 4.31 Å². The fraction of sp³-hybridized carbons (Fsp3) is 0.458. The summed E-state index contributed by atoms with van der Waals surface area (Å²) in [6.07, 6.45) is 3.64. The molecule has 0 unspecified atom stereocenters. The van der Waals surface area contributed by atoms with Crippen molar-refractivity contribution in [2.75, 3.05) is 45.2 Å². The molecule has 1 saturated carbocycles. The number of hydrogen-bond acceptors (Lipinski definition) is 7. The molecule has 2 aliphatic rings. The highest BCUT2D eigenvalue weighted by Gasteiger charge is 2.27. The Hall–Kier alpha value is -2.22. The molecule has 0 atom stereocenters. The maximum atomic E-state index is 12.8. The first-order valence-corrected chi connectivity index (χ1v) is 15.4. The number of likely N-dealkylation sites (N-methyl/N-ethyl adjacent to an activating group) is 1. The van der Waals surface area contributed by atoms with Crippen molar-refractivity contribution in [2.24, 2.45) is 0 Å². The van der Waals surface area contributed by atoms with Gasteiger partial charge in [-0.25, -0.2) is 21.6 Å². The van der Waals surface area contributed by atoms with Crippen LogP contribution in [0.4, 0.5) is 5.69 Å². The van der Waals surface area contributed by atoms with Crippen LogP contribution in [-0.2, 0) is 24.8 Å². The molecule has 0 aromatic heterocycles. The lowest BCUT2D eigenvalue weighted by atomic mass is 10.3. The molecular formula is C24H31ClN4O6S2. The van der Waals surface area contributed by atoms with E-state index < -0.39 is 26.0 Å². The molecule has 0 radical (unpaired) electrons. The highest BCUT2D eigenvalue weighted by Crippen LogP contribution is 2.28. The molecule has 10 nitrogen and oxygen atoms in total. The Morgan fingerprint density at radius 3 is 2.22 bits per heavy atom. The van der Waals surface area contributed by atoms with Crippen molar-refractivity contribution in [2.45, 2.75) is 41.5 Å². The van der Waals surface area contributed by atoms with Crippen LogP contribution in [0.3, 0.4) is 0 Å². The van der Waals surface area contributed by atoms with Gasteiger partial charge in [0.15, 0.2) is 6.61 Å². The molecule has 13 heteroatoms. The summed E-state index contributed by atoms with van der Waals surface area (Å²) in [5.41, 5.74) is 0.413. The smallest absolute Gasteiger partial charge is 0.262 e. The first kappa shape index (κ1) is 27.8. The normalized spacial score (nSPS) is 18.1. The average Bonchev–Trinajstić information content (AvgIpc) is 3.36. The fourth-order valence-electron chi connectivity index (χ4n) is 4.33. The Bertz CT molecular complexity index is 1320. The lowest BCUT2D eigenvalue weighted by Gasteiger charge is -2.31. The first-order valence-electron chi connectivity index (χ1n) is 12.1. The van der Waals surface area contributed by atoms with E-state index in [9.17, 15) is 21.6 Å². The van der Waals surface area contributed by atoms with Crippen molar-refractivity contribution >= 4 is 43.2 Å². The van der Waals surface area contributed by atoms with Crippen LogP contribution in [0, 0.1) is 0 Å². The summed E-state index contributed by atoms with van der Waals surface area (Å²) in [6.45, 7) is 1.84. The van der Waals surface area contributed by atoms with E-state index in [4.69, 9.17) is 16.3 Å². The summed E-state index contributed by atoms with van der Waals surface area (Å²) in [5, 5.41) is 2.71. The van der Waals surface area contributed by atoms with Gasteiger partial charge in [0, 0.05) is 37.9 Å². The van der Waals surface area contributed by atoms with E-state index in [1.165, 1.54) is 46.8 Å². The van der Waals surface area contributed by atoms with E-state index in [1.54, 1.807) is 0 Å². The SMILES string of the molecule is CN1CCN(S(=O)(=O)c2ccc(NC(=O)COc3ccc(S(=O)(=O)NC4CCCC4)cc3Cl)cc2)CC1. The molecule has 1 saturated heterocycles. The number of benzene rings is 2. The van der Waals surface area contributed by atoms with Gasteiger partial charge in [-0.05, 0) is 62.4 Å². The van der Waals surface area contributed by atoms with E-state index in [0.29, 0.717) is 31.9 Å². The minimum atomic E-state index is -3.70. The second kappa shape index (κ2) is 11.7. The second-order valence-electron chi connectivity index (χ2n) is 9.26. The number of halogens is 1. The molecule has 2 fully saturated rings. The third kappa shape index (κ3) is 7.01. The summed E-state index contributed by atoms with van der Waals surface area (Å²) in [4.78, 5) is 14.6. The van der Waals surface area contributed by atoms with Gasteiger partial charge in [0.2, 0.25) is 20.0 Å². The number of hydrogen-bond donors (Lipinski definition) is 2. The van der Waals surface area contributed by atoms with Crippen molar-refractivity contribution in [1.82, 2.24) is 13.9 Å². The number of rotatable bonds is 9. The highest BCUT2D eigenvalue weighted by molar-refractivity contribution is 7.89. The summed E-state index contributed by atoms with van der Waals surface area (Å²) in [7, 11) is -5.34. The van der Waals surface area contributed by atoms with Crippen LogP contribution in [0.2, 0.25) is 5.02 Å². The maximum absolute atomic E-state index is 12.8. The van der Waals surface area contributed by atoms with Gasteiger partial charge in [0.25, 0.3) is 5.91 Å². The van der Waals surface area contributed by atoms with E-state index in [0.717, 1.165) is 25.7 Å². The third-order valence-corrected chi connectivity index (χ3v) is 10.2. The minimum absolute atomic E-state index is 0.0350. The number of anilines is 1. The fourth-order valence-corrected chi connectivity index (χ4v) is 7.38. The van der Waals surface area contributed by atoms with Crippen molar-refractivity contribution in [1.29, 1.82) is 0 Å². The third-order valence-electron chi connectivity index (χ3n) is 6.49. The molecule has 1 aliphatic carbocycles. The van der Waals surface area contributed by atoms with Crippen LogP contribution < -0.4 is 14.8 Å². The summed E-state index contributed by atoms with van der Waals surface area (Å²) in [6, 6.07) is 9.98. The predicted molar refractivity (Wildman–Crippen MR) is 141 cm³/mol. The van der Waals surface area contributed by atoms with Crippen molar-refractivity contribution in [3.8, 4) is 5.75 Å². The Kier molecular flexibility index (Phi) is 8.77. The summed E-state index contributed by atoms with van der Waals surface area (Å²) in [5.74, 6) is -0.310. The zero-order chi connectivity index (χ0) is 26.6. The molecule has 2 N–H and O–H groups in total. The van der Waals surface area contributed by atoms with E-state index in [1.807, 2.05) is 7.05 Å². The molecule has 1 amide bonds. The van der Waals surface area contributed by atoms with E-state index in [-0.39, 0.29) is 33.2 Å². The van der Waals surface area contributed by atoms with Gasteiger partial charge in [-0.15, -0.1) is 0 Å². The van der Waals surface area contributed by atoms with Crippen molar-refractivity contribution < 1.29 is 26.4 Å². The molecule has 0 bridgehead atoms. The Morgan fingerprint density at radius 2 is 1.59 bits per heavy atom. The van der Waals surface area contributed by atoms with Crippen LogP contribution in [-0.4, -0.2) is 77.8 Å². The van der Waals surface area contributed by atoms with E-state index >= 15 is 0 Å². The van der Waals surface area contributed by atoms with Crippen LogP contribution in [0.1, 0.15) is 25.7 Å². The number of ether oxygens (including phenoxy) is 1. The van der Waals surface area contributed by atoms with Gasteiger partial charge >= 0.3 is 0 Å². The zero-order valence-electron chi connectivity index (χ0n) is 20.5. The summed E-state index contributed by atoms with van der Waals surface area (Å²) >= 11 is 6.22. The topological polar surface area (TPSA) is 125 Å². The molecular weight excluding hydrogens is 540 g/mol. The van der Waals surface area contributed by atoms with Crippen LogP contribution in [0.25, 0.3) is 0 Å². The Labute approximate surface area is 223 Å². The maximum Gasteiger partial charge on any atom is 0.262 e. The van der Waals surface area contributed by atoms with Crippen molar-refractivity contribution in [3.63, 3.8) is 0 Å². The number of amides is 1. The van der Waals surface area contributed by atoms with Gasteiger partial charge in [0.05, 0.1) is 14.8 Å². The molecule has 2 aromatic rings. The predicted octanol–water partition coefficient (Wildman–Crippen LogP) is 2.51. The monoisotopic (exact) mass is 570 g/mol. The molecule has 1 heterocycles. The molecule has 2 aromatic carbocycles. The lowest BCUT2D eigenvalue weighted by Crippen LogP contribution is -2.46. The molecule has 1 aliphatic heterocycles. The minimum Gasteiger partial charge on any atom is -0.482 e. The molecule has 37 heavy (non-hydrogen) atoms. The van der Waals surface area contributed by atoms with Gasteiger partial charge in [-0.3, -0.25) is 4.79 Å². The summed E-state index contributed by atoms with van der Waals surface area (Å²) < 4.78 is 60.5. The van der Waals surface area contributed by atoms with Crippen LogP contribution >= 0.6 is 11.6 Å². The molecule has 202 valence electrons. The van der Waals surface area contributed by atoms with Gasteiger partial charge in [0.1, 0.15) is 5.75 Å². The highest BCUT2D eigenvalue weighted by atomic mass is 35.5. The second-order valence-corrected chi connectivity index (χ2v) is 13.3. The van der Waals surface area contributed by atoms with Gasteiger partial charge < -0.3 is 15.0 Å². The first-order chi connectivity index (χ1) is 17.5. The molecule has 4 rings (SSSR count). The standard InChI is InChI=1S/C24H31ClN4O6S2/c1-28-12-14-29(15-13-28)37(33,34)20-8-6-18(7-9-20)26-24(30)17-35-23-11-10-21(16-22(23)25)36(31,32)27-19-4-2-3-5-19/h6-11,16,19,27H,2-5,12-15,17H2,1H3,(H,26,30). The number of carbonyl (C=O) groups excluding carboxylic acids is 1. The van der Waals surface area contributed by atoms with E-state index in [2.05, 4.69) is 14.9 Å². The quantitative estimate of drug-likeness (QED) is 0.474.